The van der Waals surface area contributed by atoms with Crippen LogP contribution in [0.1, 0.15) is 47.2 Å². The largest absolute Gasteiger partial charge is 0.345 e. The molecule has 2 aromatic carbocycles. The van der Waals surface area contributed by atoms with E-state index in [1.54, 1.807) is 13.0 Å². The number of anilines is 1. The normalized spacial score (nSPS) is 11.7. The van der Waals surface area contributed by atoms with Gasteiger partial charge in [0.05, 0.1) is 11.7 Å². The summed E-state index contributed by atoms with van der Waals surface area (Å²) in [6.45, 7) is 5.56. The van der Waals surface area contributed by atoms with Crippen LogP contribution in [-0.2, 0) is 4.79 Å². The van der Waals surface area contributed by atoms with E-state index < -0.39 is 0 Å². The molecule has 0 aliphatic heterocycles. The van der Waals surface area contributed by atoms with Crippen molar-refractivity contribution in [1.82, 2.24) is 10.3 Å². The summed E-state index contributed by atoms with van der Waals surface area (Å²) in [4.78, 5) is 29.4. The number of aromatic nitrogens is 1. The van der Waals surface area contributed by atoms with Crippen molar-refractivity contribution in [2.45, 2.75) is 33.2 Å². The molecule has 1 heterocycles. The second-order valence-corrected chi connectivity index (χ2v) is 8.10. The van der Waals surface area contributed by atoms with Gasteiger partial charge in [-0.1, -0.05) is 42.8 Å². The highest BCUT2D eigenvalue weighted by molar-refractivity contribution is 7.17. The monoisotopic (exact) mass is 427 g/mol. The highest BCUT2D eigenvalue weighted by atomic mass is 35.5. The Bertz CT molecular complexity index is 1030. The third-order valence-electron chi connectivity index (χ3n) is 4.44. The molecule has 0 radical (unpaired) electrons. The Labute approximate surface area is 179 Å². The molecular weight excluding hydrogens is 406 g/mol. The Balaban J connectivity index is 1.70. The second kappa shape index (κ2) is 9.20. The lowest BCUT2D eigenvalue weighted by Crippen LogP contribution is -2.26. The first-order chi connectivity index (χ1) is 13.9. The van der Waals surface area contributed by atoms with Crippen molar-refractivity contribution in [2.24, 2.45) is 0 Å². The summed E-state index contributed by atoms with van der Waals surface area (Å²) in [5.74, 6) is -0.195. The fourth-order valence-electron chi connectivity index (χ4n) is 2.80. The summed E-state index contributed by atoms with van der Waals surface area (Å²) < 4.78 is 0. The second-order valence-electron chi connectivity index (χ2n) is 6.66. The molecule has 3 aromatic rings. The molecular formula is C22H22ClN3O2S. The van der Waals surface area contributed by atoms with E-state index >= 15 is 0 Å². The number of carbonyl (C=O) groups excluding carboxylic acids is 2. The molecule has 0 spiro atoms. The van der Waals surface area contributed by atoms with E-state index in [4.69, 9.17) is 11.6 Å². The van der Waals surface area contributed by atoms with Crippen molar-refractivity contribution in [2.75, 3.05) is 5.32 Å². The van der Waals surface area contributed by atoms with Crippen LogP contribution in [0.2, 0.25) is 5.02 Å². The maximum atomic E-state index is 12.8. The summed E-state index contributed by atoms with van der Waals surface area (Å²) in [7, 11) is 0. The minimum atomic E-state index is -0.186. The summed E-state index contributed by atoms with van der Waals surface area (Å²) >= 11 is 7.41. The molecule has 0 saturated heterocycles. The molecule has 0 fully saturated rings. The van der Waals surface area contributed by atoms with Crippen molar-refractivity contribution >= 4 is 40.4 Å². The number of hydrogen-bond donors (Lipinski definition) is 2. The van der Waals surface area contributed by atoms with Crippen LogP contribution < -0.4 is 10.6 Å². The predicted octanol–water partition coefficient (Wildman–Crippen LogP) is 5.61. The number of amides is 2. The van der Waals surface area contributed by atoms with Crippen LogP contribution in [0, 0.1) is 6.92 Å². The Kier molecular flexibility index (Phi) is 6.67. The molecule has 0 aliphatic rings. The molecule has 150 valence electrons. The van der Waals surface area contributed by atoms with E-state index in [2.05, 4.69) is 15.6 Å². The van der Waals surface area contributed by atoms with E-state index in [9.17, 15) is 9.59 Å². The third kappa shape index (κ3) is 5.22. The molecule has 3 rings (SSSR count). The van der Waals surface area contributed by atoms with E-state index in [1.165, 1.54) is 11.3 Å². The van der Waals surface area contributed by atoms with E-state index in [1.807, 2.05) is 56.3 Å². The lowest BCUT2D eigenvalue weighted by Gasteiger charge is -2.14. The summed E-state index contributed by atoms with van der Waals surface area (Å²) in [5, 5.41) is 7.23. The summed E-state index contributed by atoms with van der Waals surface area (Å²) in [6, 6.07) is 14.7. The van der Waals surface area contributed by atoms with Crippen molar-refractivity contribution in [1.29, 1.82) is 0 Å². The van der Waals surface area contributed by atoms with E-state index in [-0.39, 0.29) is 17.9 Å². The average molecular weight is 428 g/mol. The Morgan fingerprint density at radius 1 is 1.17 bits per heavy atom. The van der Waals surface area contributed by atoms with Gasteiger partial charge in [-0.2, -0.15) is 0 Å². The average Bonchev–Trinajstić information content (AvgIpc) is 3.10. The molecule has 0 bridgehead atoms. The fourth-order valence-corrected chi connectivity index (χ4v) is 3.96. The van der Waals surface area contributed by atoms with Gasteiger partial charge in [-0.05, 0) is 43.7 Å². The number of aryl methyl sites for hydroxylation is 1. The van der Waals surface area contributed by atoms with Gasteiger partial charge in [0, 0.05) is 22.7 Å². The zero-order chi connectivity index (χ0) is 21.0. The fraction of sp³-hybridized carbons (Fsp3) is 0.227. The lowest BCUT2D eigenvalue weighted by atomic mass is 10.1. The first-order valence-electron chi connectivity index (χ1n) is 9.31. The Hall–Kier alpha value is -2.70. The minimum Gasteiger partial charge on any atom is -0.345 e. The smallest absolute Gasteiger partial charge is 0.263 e. The molecule has 0 saturated carbocycles. The third-order valence-corrected chi connectivity index (χ3v) is 5.88. The Morgan fingerprint density at radius 2 is 1.90 bits per heavy atom. The molecule has 29 heavy (non-hydrogen) atoms. The van der Waals surface area contributed by atoms with Crippen molar-refractivity contribution in [3.63, 3.8) is 0 Å². The number of thiazole rings is 1. The first kappa shape index (κ1) is 21.0. The minimum absolute atomic E-state index is 0.0321. The number of halogens is 1. The van der Waals surface area contributed by atoms with Crippen molar-refractivity contribution in [3.8, 4) is 10.6 Å². The van der Waals surface area contributed by atoms with Crippen LogP contribution in [-0.4, -0.2) is 16.8 Å². The number of benzene rings is 2. The molecule has 1 unspecified atom stereocenters. The van der Waals surface area contributed by atoms with Crippen LogP contribution in [0.4, 0.5) is 5.69 Å². The van der Waals surface area contributed by atoms with Gasteiger partial charge in [0.25, 0.3) is 5.91 Å². The lowest BCUT2D eigenvalue weighted by molar-refractivity contribution is -0.115. The number of rotatable bonds is 6. The Morgan fingerprint density at radius 3 is 2.55 bits per heavy atom. The number of nitrogens with zero attached hydrogens (tertiary/aromatic N) is 1. The van der Waals surface area contributed by atoms with E-state index in [0.29, 0.717) is 22.0 Å². The predicted molar refractivity (Wildman–Crippen MR) is 119 cm³/mol. The number of carbonyl (C=O) groups is 2. The van der Waals surface area contributed by atoms with Crippen molar-refractivity contribution < 1.29 is 9.59 Å². The van der Waals surface area contributed by atoms with Crippen LogP contribution in [0.3, 0.4) is 0 Å². The molecule has 5 nitrogen and oxygen atoms in total. The van der Waals surface area contributed by atoms with Crippen LogP contribution >= 0.6 is 22.9 Å². The summed E-state index contributed by atoms with van der Waals surface area (Å²) in [5.41, 5.74) is 3.27. The SMILES string of the molecule is CCC(=O)Nc1ccc(C(C)NC(=O)c2sc(-c3cccc(Cl)c3)nc2C)cc1. The molecule has 0 aliphatic carbocycles. The van der Waals surface area contributed by atoms with Gasteiger partial charge in [-0.15, -0.1) is 11.3 Å². The first-order valence-corrected chi connectivity index (χ1v) is 10.5. The molecule has 1 atom stereocenters. The zero-order valence-electron chi connectivity index (χ0n) is 16.5. The zero-order valence-corrected chi connectivity index (χ0v) is 18.0. The highest BCUT2D eigenvalue weighted by Gasteiger charge is 2.18. The van der Waals surface area contributed by atoms with E-state index in [0.717, 1.165) is 21.8 Å². The quantitative estimate of drug-likeness (QED) is 0.537. The highest BCUT2D eigenvalue weighted by Crippen LogP contribution is 2.30. The van der Waals surface area contributed by atoms with Crippen LogP contribution in [0.15, 0.2) is 48.5 Å². The topological polar surface area (TPSA) is 71.1 Å². The standard InChI is InChI=1S/C22H22ClN3O2S/c1-4-19(27)26-18-10-8-15(9-11-18)13(2)24-21(28)20-14(3)25-22(29-20)16-6-5-7-17(23)12-16/h5-13H,4H2,1-3H3,(H,24,28)(H,26,27). The molecule has 7 heteroatoms. The number of hydrogen-bond acceptors (Lipinski definition) is 4. The van der Waals surface area contributed by atoms with Crippen LogP contribution in [0.25, 0.3) is 10.6 Å². The van der Waals surface area contributed by atoms with Gasteiger partial charge in [0.2, 0.25) is 5.91 Å². The maximum absolute atomic E-state index is 12.8. The summed E-state index contributed by atoms with van der Waals surface area (Å²) in [6.07, 6.45) is 0.430. The molecule has 2 amide bonds. The maximum Gasteiger partial charge on any atom is 0.263 e. The van der Waals surface area contributed by atoms with Gasteiger partial charge < -0.3 is 10.6 Å². The molecule has 1 aromatic heterocycles. The van der Waals surface area contributed by atoms with Crippen molar-refractivity contribution in [3.05, 3.63) is 69.7 Å². The van der Waals surface area contributed by atoms with Gasteiger partial charge >= 0.3 is 0 Å². The molecule has 2 N–H and O–H groups in total. The van der Waals surface area contributed by atoms with Gasteiger partial charge in [0.15, 0.2) is 0 Å². The van der Waals surface area contributed by atoms with Gasteiger partial charge in [0.1, 0.15) is 9.88 Å². The number of nitrogens with one attached hydrogen (secondary N) is 2. The van der Waals surface area contributed by atoms with Crippen LogP contribution in [0.5, 0.6) is 0 Å². The van der Waals surface area contributed by atoms with Gasteiger partial charge in [-0.25, -0.2) is 4.98 Å². The van der Waals surface area contributed by atoms with Gasteiger partial charge in [-0.3, -0.25) is 9.59 Å².